The van der Waals surface area contributed by atoms with Crippen molar-refractivity contribution >= 4 is 17.5 Å². The Bertz CT molecular complexity index is 839. The fraction of sp³-hybridized carbons (Fsp3) is 0.364. The van der Waals surface area contributed by atoms with Gasteiger partial charge < -0.3 is 10.2 Å². The summed E-state index contributed by atoms with van der Waals surface area (Å²) in [5.41, 5.74) is 1.14. The van der Waals surface area contributed by atoms with Gasteiger partial charge in [-0.15, -0.1) is 0 Å². The highest BCUT2D eigenvalue weighted by Gasteiger charge is 2.29. The van der Waals surface area contributed by atoms with Crippen molar-refractivity contribution in [3.05, 3.63) is 75.8 Å². The van der Waals surface area contributed by atoms with Gasteiger partial charge in [0.05, 0.1) is 11.3 Å². The number of nitro benzene ring substituents is 1. The minimum atomic E-state index is -0.642. The molecule has 0 fully saturated rings. The van der Waals surface area contributed by atoms with Crippen molar-refractivity contribution in [1.29, 1.82) is 0 Å². The number of carbonyl (C=O) groups excluding carboxylic acids is 2. The monoisotopic (exact) mass is 397 g/mol. The first-order chi connectivity index (χ1) is 14.0. The molecule has 0 bridgehead atoms. The number of amides is 2. The second-order valence-corrected chi connectivity index (χ2v) is 6.78. The molecule has 0 aromatic heterocycles. The van der Waals surface area contributed by atoms with Crippen molar-refractivity contribution in [3.63, 3.8) is 0 Å². The summed E-state index contributed by atoms with van der Waals surface area (Å²) in [7, 11) is 0. The molecule has 7 nitrogen and oxygen atoms in total. The van der Waals surface area contributed by atoms with Crippen molar-refractivity contribution in [2.75, 3.05) is 6.54 Å². The zero-order valence-corrected chi connectivity index (χ0v) is 16.8. The van der Waals surface area contributed by atoms with E-state index in [-0.39, 0.29) is 30.5 Å². The molecule has 0 radical (unpaired) electrons. The van der Waals surface area contributed by atoms with Gasteiger partial charge in [0.25, 0.3) is 5.69 Å². The highest BCUT2D eigenvalue weighted by molar-refractivity contribution is 5.88. The summed E-state index contributed by atoms with van der Waals surface area (Å²) in [6.07, 6.45) is 1.11. The Labute approximate surface area is 170 Å². The maximum absolute atomic E-state index is 13.2. The standard InChI is InChI=1S/C22H27N3O4/c1-3-14-23-22(27)19(4-2)24(16-17-10-6-5-7-11-17)21(26)15-18-12-8-9-13-20(18)25(28)29/h5-13,19H,3-4,14-16H2,1-2H3,(H,23,27)/t19-/m0/s1. The van der Waals surface area contributed by atoms with Gasteiger partial charge in [0.15, 0.2) is 0 Å². The van der Waals surface area contributed by atoms with E-state index in [0.717, 1.165) is 12.0 Å². The number of carbonyl (C=O) groups is 2. The summed E-state index contributed by atoms with van der Waals surface area (Å²) < 4.78 is 0. The molecule has 0 saturated heterocycles. The average molecular weight is 397 g/mol. The predicted molar refractivity (Wildman–Crippen MR) is 111 cm³/mol. The number of nitrogens with one attached hydrogen (secondary N) is 1. The van der Waals surface area contributed by atoms with Crippen LogP contribution in [0.4, 0.5) is 5.69 Å². The summed E-state index contributed by atoms with van der Waals surface area (Å²) >= 11 is 0. The third-order valence-electron chi connectivity index (χ3n) is 4.66. The molecule has 7 heteroatoms. The molecule has 0 aliphatic heterocycles. The van der Waals surface area contributed by atoms with Crippen LogP contribution in [0.15, 0.2) is 54.6 Å². The van der Waals surface area contributed by atoms with E-state index in [1.165, 1.54) is 11.0 Å². The lowest BCUT2D eigenvalue weighted by molar-refractivity contribution is -0.385. The topological polar surface area (TPSA) is 92.6 Å². The number of rotatable bonds is 10. The number of para-hydroxylation sites is 1. The molecule has 0 aliphatic carbocycles. The lowest BCUT2D eigenvalue weighted by Crippen LogP contribution is -2.49. The Balaban J connectivity index is 2.31. The van der Waals surface area contributed by atoms with Crippen LogP contribution >= 0.6 is 0 Å². The highest BCUT2D eigenvalue weighted by atomic mass is 16.6. The molecule has 0 heterocycles. The summed E-state index contributed by atoms with van der Waals surface area (Å²) in [4.78, 5) is 38.2. The Morgan fingerprint density at radius 2 is 1.72 bits per heavy atom. The fourth-order valence-electron chi connectivity index (χ4n) is 3.17. The third-order valence-corrected chi connectivity index (χ3v) is 4.66. The van der Waals surface area contributed by atoms with Gasteiger partial charge in [0.2, 0.25) is 11.8 Å². The van der Waals surface area contributed by atoms with Crippen molar-refractivity contribution in [3.8, 4) is 0 Å². The SMILES string of the molecule is CCCNC(=O)[C@H](CC)N(Cc1ccccc1)C(=O)Cc1ccccc1[N+](=O)[O-]. The van der Waals surface area contributed by atoms with Crippen molar-refractivity contribution in [2.45, 2.75) is 45.7 Å². The molecule has 2 aromatic rings. The van der Waals surface area contributed by atoms with Crippen LogP contribution in [0.2, 0.25) is 0 Å². The van der Waals surface area contributed by atoms with Gasteiger partial charge in [-0.05, 0) is 18.4 Å². The summed E-state index contributed by atoms with van der Waals surface area (Å²) in [6.45, 7) is 4.61. The number of hydrogen-bond acceptors (Lipinski definition) is 4. The smallest absolute Gasteiger partial charge is 0.273 e. The molecule has 1 N–H and O–H groups in total. The van der Waals surface area contributed by atoms with E-state index in [2.05, 4.69) is 5.32 Å². The number of hydrogen-bond donors (Lipinski definition) is 1. The zero-order chi connectivity index (χ0) is 21.2. The Morgan fingerprint density at radius 3 is 2.34 bits per heavy atom. The zero-order valence-electron chi connectivity index (χ0n) is 16.8. The first-order valence-corrected chi connectivity index (χ1v) is 9.81. The van der Waals surface area contributed by atoms with Gasteiger partial charge in [0.1, 0.15) is 6.04 Å². The van der Waals surface area contributed by atoms with E-state index in [1.807, 2.05) is 44.2 Å². The molecular weight excluding hydrogens is 370 g/mol. The average Bonchev–Trinajstić information content (AvgIpc) is 2.73. The summed E-state index contributed by atoms with van der Waals surface area (Å²) in [5.74, 6) is -0.525. The van der Waals surface area contributed by atoms with Crippen LogP contribution in [0, 0.1) is 10.1 Å². The number of nitrogens with zero attached hydrogens (tertiary/aromatic N) is 2. The first-order valence-electron chi connectivity index (χ1n) is 9.81. The lowest BCUT2D eigenvalue weighted by atomic mass is 10.1. The van der Waals surface area contributed by atoms with Gasteiger partial charge in [-0.1, -0.05) is 62.4 Å². The Hall–Kier alpha value is -3.22. The first kappa shape index (κ1) is 22.1. The van der Waals surface area contributed by atoms with E-state index >= 15 is 0 Å². The minimum Gasteiger partial charge on any atom is -0.354 e. The Morgan fingerprint density at radius 1 is 1.07 bits per heavy atom. The molecule has 2 amide bonds. The maximum atomic E-state index is 13.2. The van der Waals surface area contributed by atoms with E-state index in [0.29, 0.717) is 18.5 Å². The van der Waals surface area contributed by atoms with Gasteiger partial charge in [-0.25, -0.2) is 0 Å². The van der Waals surface area contributed by atoms with Crippen molar-refractivity contribution < 1.29 is 14.5 Å². The minimum absolute atomic E-state index is 0.0935. The van der Waals surface area contributed by atoms with Crippen LogP contribution in [0.1, 0.15) is 37.8 Å². The lowest BCUT2D eigenvalue weighted by Gasteiger charge is -2.30. The molecule has 29 heavy (non-hydrogen) atoms. The second-order valence-electron chi connectivity index (χ2n) is 6.78. The number of benzene rings is 2. The van der Waals surface area contributed by atoms with Gasteiger partial charge in [-0.2, -0.15) is 0 Å². The molecule has 0 unspecified atom stereocenters. The van der Waals surface area contributed by atoms with E-state index in [9.17, 15) is 19.7 Å². The van der Waals surface area contributed by atoms with Gasteiger partial charge >= 0.3 is 0 Å². The molecule has 2 aromatic carbocycles. The summed E-state index contributed by atoms with van der Waals surface area (Å²) in [5, 5.41) is 14.2. The second kappa shape index (κ2) is 10.9. The highest BCUT2D eigenvalue weighted by Crippen LogP contribution is 2.21. The van der Waals surface area contributed by atoms with Crippen LogP contribution < -0.4 is 5.32 Å². The predicted octanol–water partition coefficient (Wildman–Crippen LogP) is 3.47. The summed E-state index contributed by atoms with van der Waals surface area (Å²) in [6, 6.07) is 15.0. The largest absolute Gasteiger partial charge is 0.354 e. The number of nitro groups is 1. The maximum Gasteiger partial charge on any atom is 0.273 e. The fourth-order valence-corrected chi connectivity index (χ4v) is 3.17. The van der Waals surface area contributed by atoms with Crippen molar-refractivity contribution in [1.82, 2.24) is 10.2 Å². The molecule has 0 saturated carbocycles. The third kappa shape index (κ3) is 6.14. The van der Waals surface area contributed by atoms with Gasteiger partial charge in [0, 0.05) is 24.7 Å². The van der Waals surface area contributed by atoms with Crippen LogP contribution in [0.3, 0.4) is 0 Å². The van der Waals surface area contributed by atoms with Crippen LogP contribution in [0.5, 0.6) is 0 Å². The molecule has 154 valence electrons. The van der Waals surface area contributed by atoms with Crippen LogP contribution in [-0.2, 0) is 22.6 Å². The quantitative estimate of drug-likeness (QED) is 0.491. The Kier molecular flexibility index (Phi) is 8.33. The van der Waals surface area contributed by atoms with E-state index in [1.54, 1.807) is 18.2 Å². The van der Waals surface area contributed by atoms with E-state index in [4.69, 9.17) is 0 Å². The van der Waals surface area contributed by atoms with E-state index < -0.39 is 11.0 Å². The van der Waals surface area contributed by atoms with Gasteiger partial charge in [-0.3, -0.25) is 19.7 Å². The molecular formula is C22H27N3O4. The molecule has 2 rings (SSSR count). The molecule has 0 aliphatic rings. The van der Waals surface area contributed by atoms with Crippen LogP contribution in [-0.4, -0.2) is 34.2 Å². The van der Waals surface area contributed by atoms with Crippen molar-refractivity contribution in [2.24, 2.45) is 0 Å². The molecule has 0 spiro atoms. The normalized spacial score (nSPS) is 11.5. The molecule has 1 atom stereocenters. The van der Waals surface area contributed by atoms with Crippen LogP contribution in [0.25, 0.3) is 0 Å².